The molecule has 1 aromatic heterocycles. The molecule has 0 unspecified atom stereocenters. The van der Waals surface area contributed by atoms with Gasteiger partial charge in [-0.25, -0.2) is 9.78 Å². The van der Waals surface area contributed by atoms with Crippen LogP contribution in [0.4, 0.5) is 23.1 Å². The van der Waals surface area contributed by atoms with Crippen LogP contribution in [0.3, 0.4) is 0 Å². The Morgan fingerprint density at radius 2 is 1.79 bits per heavy atom. The molecule has 0 spiro atoms. The van der Waals surface area contributed by atoms with Crippen LogP contribution in [-0.4, -0.2) is 23.0 Å². The molecule has 0 aliphatic carbocycles. The Hall–Kier alpha value is -3.40. The van der Waals surface area contributed by atoms with Gasteiger partial charge >= 0.3 is 12.2 Å². The molecule has 0 radical (unpaired) electrons. The summed E-state index contributed by atoms with van der Waals surface area (Å²) in [6.07, 6.45) is -2.57. The van der Waals surface area contributed by atoms with Gasteiger partial charge in [0, 0.05) is 35.6 Å². The lowest BCUT2D eigenvalue weighted by Crippen LogP contribution is -2.39. The van der Waals surface area contributed by atoms with Gasteiger partial charge in [0.2, 0.25) is 0 Å². The number of anilines is 1. The van der Waals surface area contributed by atoms with Gasteiger partial charge in [0.1, 0.15) is 0 Å². The minimum atomic E-state index is -4.39. The number of alkyl halides is 3. The minimum Gasteiger partial charge on any atom is -0.336 e. The number of carbonyl (C=O) groups excluding carboxylic acids is 2. The maximum Gasteiger partial charge on any atom is 0.416 e. The zero-order valence-corrected chi connectivity index (χ0v) is 18.8. The average molecular weight is 477 g/mol. The quantitative estimate of drug-likeness (QED) is 0.438. The van der Waals surface area contributed by atoms with Crippen molar-refractivity contribution in [1.82, 2.24) is 15.6 Å². The van der Waals surface area contributed by atoms with Crippen LogP contribution in [0, 0.1) is 0 Å². The number of nitrogens with zero attached hydrogens (tertiary/aromatic N) is 1. The van der Waals surface area contributed by atoms with Crippen LogP contribution in [0.1, 0.15) is 45.8 Å². The molecule has 0 saturated carbocycles. The minimum absolute atomic E-state index is 0.0347. The fraction of sp³-hybridized carbons (Fsp3) is 0.261. The molecular weight excluding hydrogens is 453 g/mol. The second-order valence-corrected chi connectivity index (χ2v) is 8.75. The molecule has 0 bridgehead atoms. The summed E-state index contributed by atoms with van der Waals surface area (Å²) in [5.41, 5.74) is 1.07. The number of hydrogen-bond acceptors (Lipinski definition) is 4. The van der Waals surface area contributed by atoms with Gasteiger partial charge in [0.05, 0.1) is 5.56 Å². The number of rotatable bonds is 7. The van der Waals surface area contributed by atoms with Gasteiger partial charge in [-0.2, -0.15) is 13.2 Å². The number of hydrogen-bond donors (Lipinski definition) is 3. The molecule has 0 atom stereocenters. The highest BCUT2D eigenvalue weighted by Gasteiger charge is 2.30. The number of amides is 3. The van der Waals surface area contributed by atoms with Crippen molar-refractivity contribution in [2.75, 3.05) is 5.32 Å². The first kappa shape index (κ1) is 24.2. The third-order valence-electron chi connectivity index (χ3n) is 4.50. The summed E-state index contributed by atoms with van der Waals surface area (Å²) in [5.74, 6) is -0.355. The Kier molecular flexibility index (Phi) is 7.70. The van der Waals surface area contributed by atoms with Gasteiger partial charge in [0.25, 0.3) is 5.91 Å². The van der Waals surface area contributed by atoms with E-state index < -0.39 is 11.7 Å². The molecular formula is C23H23F3N4O2S. The molecule has 6 nitrogen and oxygen atoms in total. The number of benzene rings is 2. The fourth-order valence-electron chi connectivity index (χ4n) is 2.94. The lowest BCUT2D eigenvalue weighted by Gasteiger charge is -2.10. The summed E-state index contributed by atoms with van der Waals surface area (Å²) in [5, 5.41) is 8.52. The first-order valence-electron chi connectivity index (χ1n) is 10.2. The predicted octanol–water partition coefficient (Wildman–Crippen LogP) is 5.21. The normalized spacial score (nSPS) is 11.3. The van der Waals surface area contributed by atoms with Gasteiger partial charge in [-0.15, -0.1) is 11.3 Å². The van der Waals surface area contributed by atoms with Crippen molar-refractivity contribution in [1.29, 1.82) is 0 Å². The summed E-state index contributed by atoms with van der Waals surface area (Å²) < 4.78 is 38.7. The lowest BCUT2D eigenvalue weighted by atomic mass is 10.1. The molecule has 174 valence electrons. The molecule has 0 aliphatic rings. The van der Waals surface area contributed by atoms with Gasteiger partial charge in [0.15, 0.2) is 5.13 Å². The van der Waals surface area contributed by atoms with E-state index in [1.807, 2.05) is 13.8 Å². The highest BCUT2D eigenvalue weighted by Crippen LogP contribution is 2.30. The van der Waals surface area contributed by atoms with Gasteiger partial charge in [-0.05, 0) is 43.2 Å². The summed E-state index contributed by atoms with van der Waals surface area (Å²) in [6, 6.07) is 11.7. The smallest absolute Gasteiger partial charge is 0.336 e. The Balaban J connectivity index is 1.56. The summed E-state index contributed by atoms with van der Waals surface area (Å²) in [6.45, 7) is 4.05. The summed E-state index contributed by atoms with van der Waals surface area (Å²) in [4.78, 5) is 29.0. The molecule has 3 aromatic rings. The molecule has 33 heavy (non-hydrogen) atoms. The van der Waals surface area contributed by atoms with E-state index in [1.54, 1.807) is 30.3 Å². The van der Waals surface area contributed by atoms with Gasteiger partial charge in [-0.3, -0.25) is 10.1 Å². The molecule has 2 aromatic carbocycles. The Labute approximate surface area is 193 Å². The summed E-state index contributed by atoms with van der Waals surface area (Å²) >= 11 is 1.20. The van der Waals surface area contributed by atoms with E-state index in [-0.39, 0.29) is 24.4 Å². The first-order valence-corrected chi connectivity index (χ1v) is 11.0. The third-order valence-corrected chi connectivity index (χ3v) is 5.41. The van der Waals surface area contributed by atoms with Crippen molar-refractivity contribution in [2.24, 2.45) is 0 Å². The van der Waals surface area contributed by atoms with Crippen LogP contribution in [0.15, 0.2) is 54.7 Å². The second kappa shape index (κ2) is 10.5. The van der Waals surface area contributed by atoms with E-state index in [0.717, 1.165) is 22.6 Å². The van der Waals surface area contributed by atoms with Crippen LogP contribution < -0.4 is 16.0 Å². The van der Waals surface area contributed by atoms with Crippen LogP contribution >= 0.6 is 11.3 Å². The molecule has 10 heteroatoms. The zero-order valence-electron chi connectivity index (χ0n) is 18.0. The van der Waals surface area contributed by atoms with Gasteiger partial charge in [-0.1, -0.05) is 30.3 Å². The van der Waals surface area contributed by atoms with Crippen molar-refractivity contribution in [3.05, 3.63) is 81.9 Å². The van der Waals surface area contributed by atoms with Crippen LogP contribution in [0.2, 0.25) is 0 Å². The monoisotopic (exact) mass is 476 g/mol. The average Bonchev–Trinajstić information content (AvgIpc) is 3.18. The number of nitrogens with one attached hydrogen (secondary N) is 3. The van der Waals surface area contributed by atoms with Crippen LogP contribution in [0.5, 0.6) is 0 Å². The largest absolute Gasteiger partial charge is 0.416 e. The maximum absolute atomic E-state index is 12.9. The topological polar surface area (TPSA) is 83.1 Å². The summed E-state index contributed by atoms with van der Waals surface area (Å²) in [7, 11) is 0. The number of urea groups is 1. The Morgan fingerprint density at radius 1 is 1.06 bits per heavy atom. The highest BCUT2D eigenvalue weighted by molar-refractivity contribution is 7.15. The van der Waals surface area contributed by atoms with E-state index in [4.69, 9.17) is 0 Å². The number of aromatic nitrogens is 1. The van der Waals surface area contributed by atoms with Crippen molar-refractivity contribution in [2.45, 2.75) is 39.0 Å². The molecule has 0 aliphatic heterocycles. The molecule has 3 amide bonds. The van der Waals surface area contributed by atoms with Crippen molar-refractivity contribution >= 4 is 28.4 Å². The van der Waals surface area contributed by atoms with E-state index in [9.17, 15) is 22.8 Å². The molecule has 3 N–H and O–H groups in total. The van der Waals surface area contributed by atoms with E-state index in [1.165, 1.54) is 23.6 Å². The van der Waals surface area contributed by atoms with Crippen LogP contribution in [0.25, 0.3) is 0 Å². The highest BCUT2D eigenvalue weighted by atomic mass is 32.1. The predicted molar refractivity (Wildman–Crippen MR) is 121 cm³/mol. The maximum atomic E-state index is 12.9. The zero-order chi connectivity index (χ0) is 24.0. The van der Waals surface area contributed by atoms with E-state index >= 15 is 0 Å². The molecule has 1 heterocycles. The molecule has 0 fully saturated rings. The third kappa shape index (κ3) is 7.31. The fourth-order valence-corrected chi connectivity index (χ4v) is 3.79. The van der Waals surface area contributed by atoms with Gasteiger partial charge < -0.3 is 10.6 Å². The molecule has 3 rings (SSSR count). The number of carbonyl (C=O) groups is 2. The van der Waals surface area contributed by atoms with Crippen molar-refractivity contribution < 1.29 is 22.8 Å². The number of thiazole rings is 1. The first-order chi connectivity index (χ1) is 15.6. The standard InChI is InChI=1S/C23H23F3N4O2S/c1-14(2)29-21(32)27-12-15-6-8-17(9-7-15)20(31)30-22-28-13-19(33-22)11-16-4-3-5-18(10-16)23(24,25)26/h3-10,13-14H,11-12H2,1-2H3,(H2,27,29,32)(H,28,30,31). The van der Waals surface area contributed by atoms with Crippen molar-refractivity contribution in [3.63, 3.8) is 0 Å². The van der Waals surface area contributed by atoms with E-state index in [2.05, 4.69) is 20.9 Å². The SMILES string of the molecule is CC(C)NC(=O)NCc1ccc(C(=O)Nc2ncc(Cc3cccc(C(F)(F)F)c3)s2)cc1. The Morgan fingerprint density at radius 3 is 2.45 bits per heavy atom. The lowest BCUT2D eigenvalue weighted by molar-refractivity contribution is -0.137. The molecule has 0 saturated heterocycles. The Bertz CT molecular complexity index is 1110. The second-order valence-electron chi connectivity index (χ2n) is 7.64. The van der Waals surface area contributed by atoms with Crippen LogP contribution in [-0.2, 0) is 19.1 Å². The van der Waals surface area contributed by atoms with E-state index in [0.29, 0.717) is 22.8 Å². The number of halogens is 3. The van der Waals surface area contributed by atoms with Crippen molar-refractivity contribution in [3.8, 4) is 0 Å².